The number of carbonyl (C=O) groups is 2. The van der Waals surface area contributed by atoms with E-state index in [2.05, 4.69) is 17.1 Å². The zero-order valence-corrected chi connectivity index (χ0v) is 18.8. The average molecular weight is 420 g/mol. The molecule has 0 spiro atoms. The van der Waals surface area contributed by atoms with Gasteiger partial charge in [-0.1, -0.05) is 69.3 Å². The van der Waals surface area contributed by atoms with E-state index in [1.807, 2.05) is 74.3 Å². The van der Waals surface area contributed by atoms with Crippen LogP contribution in [0.2, 0.25) is 0 Å². The normalized spacial score (nSPS) is 11.1. The van der Waals surface area contributed by atoms with E-state index in [4.69, 9.17) is 0 Å². The highest BCUT2D eigenvalue weighted by atomic mass is 16.2. The number of aromatic nitrogens is 1. The summed E-state index contributed by atoms with van der Waals surface area (Å²) in [6, 6.07) is 18.2. The molecule has 3 rings (SSSR count). The molecule has 0 aliphatic rings. The molecule has 3 aromatic rings. The first kappa shape index (κ1) is 22.6. The summed E-state index contributed by atoms with van der Waals surface area (Å²) in [5.41, 5.74) is 3.40. The predicted molar refractivity (Wildman–Crippen MR) is 126 cm³/mol. The second-order valence-electron chi connectivity index (χ2n) is 8.32. The van der Waals surface area contributed by atoms with Gasteiger partial charge in [0.25, 0.3) is 0 Å². The van der Waals surface area contributed by atoms with Crippen LogP contribution in [0.15, 0.2) is 60.8 Å². The summed E-state index contributed by atoms with van der Waals surface area (Å²) in [4.78, 5) is 32.8. The summed E-state index contributed by atoms with van der Waals surface area (Å²) < 4.78 is 0. The topological polar surface area (TPSA) is 56.4 Å². The molecule has 0 fully saturated rings. The van der Waals surface area contributed by atoms with Crippen LogP contribution in [-0.2, 0) is 22.6 Å². The van der Waals surface area contributed by atoms with E-state index in [1.54, 1.807) is 4.90 Å². The van der Waals surface area contributed by atoms with Crippen molar-refractivity contribution < 1.29 is 9.59 Å². The van der Waals surface area contributed by atoms with Crippen LogP contribution in [0.5, 0.6) is 0 Å². The Balaban J connectivity index is 1.76. The lowest BCUT2D eigenvalue weighted by molar-refractivity contribution is -0.142. The minimum atomic E-state index is -0.117. The molecule has 0 saturated carbocycles. The molecular weight excluding hydrogens is 386 g/mol. The molecule has 0 saturated heterocycles. The Kier molecular flexibility index (Phi) is 7.88. The monoisotopic (exact) mass is 419 g/mol. The Morgan fingerprint density at radius 2 is 1.65 bits per heavy atom. The Labute approximate surface area is 185 Å². The van der Waals surface area contributed by atoms with E-state index in [0.717, 1.165) is 23.9 Å². The van der Waals surface area contributed by atoms with Crippen molar-refractivity contribution in [1.82, 2.24) is 14.8 Å². The third kappa shape index (κ3) is 5.97. The molecule has 0 aliphatic heterocycles. The molecule has 0 bridgehead atoms. The second kappa shape index (κ2) is 10.8. The number of carbonyl (C=O) groups excluding carboxylic acids is 2. The molecule has 0 aliphatic carbocycles. The summed E-state index contributed by atoms with van der Waals surface area (Å²) in [7, 11) is 0. The number of hydrogen-bond acceptors (Lipinski definition) is 2. The molecule has 0 radical (unpaired) electrons. The zero-order valence-electron chi connectivity index (χ0n) is 18.8. The maximum absolute atomic E-state index is 13.3. The third-order valence-electron chi connectivity index (χ3n) is 5.52. The number of hydrogen-bond donors (Lipinski definition) is 1. The fourth-order valence-electron chi connectivity index (χ4n) is 3.86. The van der Waals surface area contributed by atoms with Crippen molar-refractivity contribution >= 4 is 22.7 Å². The van der Waals surface area contributed by atoms with E-state index in [0.29, 0.717) is 19.6 Å². The fourth-order valence-corrected chi connectivity index (χ4v) is 3.86. The number of nitrogens with zero attached hydrogens (tertiary/aromatic N) is 2. The van der Waals surface area contributed by atoms with E-state index < -0.39 is 0 Å². The molecular formula is C26H33N3O2. The lowest BCUT2D eigenvalue weighted by atomic mass is 10.1. The highest BCUT2D eigenvalue weighted by molar-refractivity contribution is 5.86. The van der Waals surface area contributed by atoms with Crippen LogP contribution >= 0.6 is 0 Å². The second-order valence-corrected chi connectivity index (χ2v) is 8.32. The van der Waals surface area contributed by atoms with Crippen LogP contribution in [-0.4, -0.2) is 46.2 Å². The van der Waals surface area contributed by atoms with Gasteiger partial charge in [-0.15, -0.1) is 0 Å². The van der Waals surface area contributed by atoms with Crippen molar-refractivity contribution in [2.45, 2.75) is 40.2 Å². The van der Waals surface area contributed by atoms with Crippen LogP contribution in [0.1, 0.15) is 38.3 Å². The molecule has 5 heteroatoms. The van der Waals surface area contributed by atoms with Gasteiger partial charge in [0.15, 0.2) is 0 Å². The van der Waals surface area contributed by atoms with Crippen molar-refractivity contribution in [3.05, 3.63) is 71.9 Å². The number of H-pyrrole nitrogens is 1. The molecule has 31 heavy (non-hydrogen) atoms. The summed E-state index contributed by atoms with van der Waals surface area (Å²) in [5, 5.41) is 1.19. The van der Waals surface area contributed by atoms with Gasteiger partial charge in [0, 0.05) is 42.7 Å². The summed E-state index contributed by atoms with van der Waals surface area (Å²) in [6.45, 7) is 7.67. The van der Waals surface area contributed by atoms with Crippen molar-refractivity contribution in [2.24, 2.45) is 5.92 Å². The lowest BCUT2D eigenvalue weighted by Gasteiger charge is -2.28. The molecule has 2 aromatic carbocycles. The standard InChI is InChI=1S/C26H33N3O2/c1-4-15-29(26(31)20(2)3)19-25(30)28(18-21-10-6-5-7-11-21)16-14-22-17-27-24-13-9-8-12-23(22)24/h5-13,17,20,27H,4,14-16,18-19H2,1-3H3. The van der Waals surface area contributed by atoms with Crippen LogP contribution in [0.25, 0.3) is 10.9 Å². The maximum Gasteiger partial charge on any atom is 0.242 e. The number of rotatable bonds is 10. The summed E-state index contributed by atoms with van der Waals surface area (Å²) >= 11 is 0. The Morgan fingerprint density at radius 1 is 0.935 bits per heavy atom. The maximum atomic E-state index is 13.3. The Morgan fingerprint density at radius 3 is 2.35 bits per heavy atom. The van der Waals surface area contributed by atoms with Crippen molar-refractivity contribution in [3.63, 3.8) is 0 Å². The van der Waals surface area contributed by atoms with Gasteiger partial charge in [0.1, 0.15) is 0 Å². The van der Waals surface area contributed by atoms with E-state index in [-0.39, 0.29) is 24.3 Å². The zero-order chi connectivity index (χ0) is 22.2. The molecule has 1 heterocycles. The average Bonchev–Trinajstić information content (AvgIpc) is 3.19. The number of para-hydroxylation sites is 1. The van der Waals surface area contributed by atoms with Gasteiger partial charge < -0.3 is 14.8 Å². The van der Waals surface area contributed by atoms with Crippen LogP contribution < -0.4 is 0 Å². The summed E-state index contributed by atoms with van der Waals surface area (Å²) in [5.74, 6) is -0.0919. The smallest absolute Gasteiger partial charge is 0.242 e. The molecule has 5 nitrogen and oxygen atoms in total. The summed E-state index contributed by atoms with van der Waals surface area (Å²) in [6.07, 6.45) is 3.62. The first-order valence-electron chi connectivity index (χ1n) is 11.1. The van der Waals surface area contributed by atoms with Crippen LogP contribution in [0.3, 0.4) is 0 Å². The minimum Gasteiger partial charge on any atom is -0.361 e. The number of benzene rings is 2. The number of amides is 2. The highest BCUT2D eigenvalue weighted by Gasteiger charge is 2.23. The van der Waals surface area contributed by atoms with Gasteiger partial charge in [0.05, 0.1) is 6.54 Å². The molecule has 0 atom stereocenters. The van der Waals surface area contributed by atoms with Gasteiger partial charge in [-0.3, -0.25) is 9.59 Å². The first-order valence-corrected chi connectivity index (χ1v) is 11.1. The molecule has 0 unspecified atom stereocenters. The van der Waals surface area contributed by atoms with Gasteiger partial charge in [0.2, 0.25) is 11.8 Å². The van der Waals surface area contributed by atoms with Crippen LogP contribution in [0.4, 0.5) is 0 Å². The highest BCUT2D eigenvalue weighted by Crippen LogP contribution is 2.19. The molecule has 1 aromatic heterocycles. The van der Waals surface area contributed by atoms with E-state index >= 15 is 0 Å². The van der Waals surface area contributed by atoms with E-state index in [9.17, 15) is 9.59 Å². The third-order valence-corrected chi connectivity index (χ3v) is 5.52. The van der Waals surface area contributed by atoms with E-state index in [1.165, 1.54) is 10.9 Å². The van der Waals surface area contributed by atoms with Gasteiger partial charge in [-0.2, -0.15) is 0 Å². The quantitative estimate of drug-likeness (QED) is 0.521. The Hall–Kier alpha value is -3.08. The molecule has 2 amide bonds. The van der Waals surface area contributed by atoms with Gasteiger partial charge in [-0.25, -0.2) is 0 Å². The van der Waals surface area contributed by atoms with Crippen LogP contribution in [0, 0.1) is 5.92 Å². The lowest BCUT2D eigenvalue weighted by Crippen LogP contribution is -2.44. The number of fused-ring (bicyclic) bond motifs is 1. The molecule has 1 N–H and O–H groups in total. The minimum absolute atomic E-state index is 0.00820. The van der Waals surface area contributed by atoms with Gasteiger partial charge >= 0.3 is 0 Å². The predicted octanol–water partition coefficient (Wildman–Crippen LogP) is 4.63. The molecule has 164 valence electrons. The van der Waals surface area contributed by atoms with Crippen molar-refractivity contribution in [1.29, 1.82) is 0 Å². The van der Waals surface area contributed by atoms with Crippen molar-refractivity contribution in [3.8, 4) is 0 Å². The Bertz CT molecular complexity index is 994. The van der Waals surface area contributed by atoms with Crippen molar-refractivity contribution in [2.75, 3.05) is 19.6 Å². The first-order chi connectivity index (χ1) is 15.0. The number of nitrogens with one attached hydrogen (secondary N) is 1. The SMILES string of the molecule is CCCN(CC(=O)N(CCc1c[nH]c2ccccc12)Cc1ccccc1)C(=O)C(C)C. The largest absolute Gasteiger partial charge is 0.361 e. The number of aromatic amines is 1. The van der Waals surface area contributed by atoms with Gasteiger partial charge in [-0.05, 0) is 30.0 Å². The fraction of sp³-hybridized carbons (Fsp3) is 0.385.